The zero-order valence-electron chi connectivity index (χ0n) is 14.3. The Kier molecular flexibility index (Phi) is 5.92. The average molecular weight is 321 g/mol. The lowest BCUT2D eigenvalue weighted by Crippen LogP contribution is -2.51. The zero-order chi connectivity index (χ0) is 16.1. The van der Waals surface area contributed by atoms with Gasteiger partial charge >= 0.3 is 0 Å². The van der Waals surface area contributed by atoms with Crippen LogP contribution in [0.15, 0.2) is 0 Å². The number of hydrogen-bond acceptors (Lipinski definition) is 3. The van der Waals surface area contributed by atoms with Crippen LogP contribution in [0, 0.1) is 5.92 Å². The van der Waals surface area contributed by atoms with Gasteiger partial charge in [-0.2, -0.15) is 0 Å². The van der Waals surface area contributed by atoms with Gasteiger partial charge in [0.15, 0.2) is 0 Å². The van der Waals surface area contributed by atoms with Crippen LogP contribution in [0.25, 0.3) is 0 Å². The van der Waals surface area contributed by atoms with Crippen molar-refractivity contribution < 1.29 is 9.59 Å². The zero-order valence-corrected chi connectivity index (χ0v) is 14.3. The molecular weight excluding hydrogens is 290 g/mol. The maximum Gasteiger partial charge on any atom is 0.224 e. The van der Waals surface area contributed by atoms with E-state index in [4.69, 9.17) is 0 Å². The quantitative estimate of drug-likeness (QED) is 0.858. The van der Waals surface area contributed by atoms with Crippen LogP contribution in [0.2, 0.25) is 0 Å². The summed E-state index contributed by atoms with van der Waals surface area (Å²) < 4.78 is 0. The molecule has 3 rings (SSSR count). The van der Waals surface area contributed by atoms with Gasteiger partial charge in [-0.1, -0.05) is 19.3 Å². The number of hydrogen-bond donors (Lipinski definition) is 1. The van der Waals surface area contributed by atoms with Crippen LogP contribution in [-0.4, -0.2) is 60.4 Å². The molecule has 1 N–H and O–H groups in total. The molecule has 1 unspecified atom stereocenters. The first kappa shape index (κ1) is 16.7. The monoisotopic (exact) mass is 321 g/mol. The highest BCUT2D eigenvalue weighted by atomic mass is 16.2. The van der Waals surface area contributed by atoms with Crippen molar-refractivity contribution in [3.8, 4) is 0 Å². The molecule has 0 bridgehead atoms. The third-order valence-corrected chi connectivity index (χ3v) is 5.76. The highest BCUT2D eigenvalue weighted by Crippen LogP contribution is 2.27. The van der Waals surface area contributed by atoms with Gasteiger partial charge in [-0.3, -0.25) is 9.59 Å². The van der Waals surface area contributed by atoms with Crippen molar-refractivity contribution in [3.63, 3.8) is 0 Å². The van der Waals surface area contributed by atoms with Gasteiger partial charge in [0.05, 0.1) is 0 Å². The van der Waals surface area contributed by atoms with E-state index in [9.17, 15) is 9.59 Å². The predicted octanol–water partition coefficient (Wildman–Crippen LogP) is 1.77. The summed E-state index contributed by atoms with van der Waals surface area (Å²) in [6.45, 7) is 3.90. The maximum atomic E-state index is 12.4. The van der Waals surface area contributed by atoms with Crippen LogP contribution >= 0.6 is 0 Å². The van der Waals surface area contributed by atoms with E-state index in [0.717, 1.165) is 32.5 Å². The Bertz CT molecular complexity index is 406. The SMILES string of the molecule is O=C(CC1CCCCC1)N1CCN(C(=O)CC2CCCN2)CC1. The molecule has 5 heteroatoms. The van der Waals surface area contributed by atoms with Crippen LogP contribution in [0.3, 0.4) is 0 Å². The molecule has 2 saturated heterocycles. The predicted molar refractivity (Wildman–Crippen MR) is 90.0 cm³/mol. The second-order valence-corrected chi connectivity index (χ2v) is 7.47. The molecule has 2 amide bonds. The molecule has 1 aliphatic carbocycles. The summed E-state index contributed by atoms with van der Waals surface area (Å²) in [6, 6.07) is 0.369. The fourth-order valence-corrected chi connectivity index (χ4v) is 4.24. The summed E-state index contributed by atoms with van der Waals surface area (Å²) in [7, 11) is 0. The van der Waals surface area contributed by atoms with Crippen molar-refractivity contribution in [1.82, 2.24) is 15.1 Å². The van der Waals surface area contributed by atoms with Gasteiger partial charge < -0.3 is 15.1 Å². The molecule has 1 atom stereocenters. The molecule has 2 heterocycles. The Labute approximate surface area is 139 Å². The van der Waals surface area contributed by atoms with Crippen molar-refractivity contribution >= 4 is 11.8 Å². The smallest absolute Gasteiger partial charge is 0.224 e. The molecule has 2 aliphatic heterocycles. The van der Waals surface area contributed by atoms with E-state index in [0.29, 0.717) is 37.4 Å². The van der Waals surface area contributed by atoms with Gasteiger partial charge in [0.1, 0.15) is 0 Å². The first-order valence-electron chi connectivity index (χ1n) is 9.51. The van der Waals surface area contributed by atoms with E-state index in [2.05, 4.69) is 5.32 Å². The van der Waals surface area contributed by atoms with Gasteiger partial charge in [-0.15, -0.1) is 0 Å². The van der Waals surface area contributed by atoms with E-state index >= 15 is 0 Å². The van der Waals surface area contributed by atoms with Crippen LogP contribution < -0.4 is 5.32 Å². The summed E-state index contributed by atoms with van der Waals surface area (Å²) in [6.07, 6.45) is 9.99. The minimum atomic E-state index is 0.253. The molecule has 0 aromatic carbocycles. The van der Waals surface area contributed by atoms with Crippen LogP contribution in [-0.2, 0) is 9.59 Å². The normalized spacial score (nSPS) is 26.5. The molecule has 1 saturated carbocycles. The molecule has 5 nitrogen and oxygen atoms in total. The van der Waals surface area contributed by atoms with E-state index in [1.165, 1.54) is 38.5 Å². The second kappa shape index (κ2) is 8.13. The Morgan fingerprint density at radius 1 is 0.783 bits per heavy atom. The summed E-state index contributed by atoms with van der Waals surface area (Å²) in [4.78, 5) is 28.7. The molecule has 0 radical (unpaired) electrons. The number of nitrogens with one attached hydrogen (secondary N) is 1. The van der Waals surface area contributed by atoms with Crippen molar-refractivity contribution in [1.29, 1.82) is 0 Å². The molecule has 0 aromatic heterocycles. The number of rotatable bonds is 4. The summed E-state index contributed by atoms with van der Waals surface area (Å²) >= 11 is 0. The third-order valence-electron chi connectivity index (χ3n) is 5.76. The molecule has 0 aromatic rings. The largest absolute Gasteiger partial charge is 0.339 e. The molecule has 3 fully saturated rings. The molecule has 0 spiro atoms. The lowest BCUT2D eigenvalue weighted by Gasteiger charge is -2.36. The fourth-order valence-electron chi connectivity index (χ4n) is 4.24. The van der Waals surface area contributed by atoms with E-state index in [1.54, 1.807) is 0 Å². The minimum absolute atomic E-state index is 0.253. The number of piperazine rings is 1. The van der Waals surface area contributed by atoms with E-state index in [-0.39, 0.29) is 5.91 Å². The van der Waals surface area contributed by atoms with Gasteiger partial charge in [0, 0.05) is 45.1 Å². The summed E-state index contributed by atoms with van der Waals surface area (Å²) in [5, 5.41) is 3.39. The first-order valence-corrected chi connectivity index (χ1v) is 9.51. The topological polar surface area (TPSA) is 52.7 Å². The van der Waals surface area contributed by atoms with Crippen molar-refractivity contribution in [2.45, 2.75) is 63.8 Å². The highest BCUT2D eigenvalue weighted by molar-refractivity contribution is 5.79. The number of amides is 2. The number of carbonyl (C=O) groups is 2. The molecule has 23 heavy (non-hydrogen) atoms. The van der Waals surface area contributed by atoms with E-state index < -0.39 is 0 Å². The maximum absolute atomic E-state index is 12.4. The highest BCUT2D eigenvalue weighted by Gasteiger charge is 2.27. The Morgan fingerprint density at radius 3 is 1.96 bits per heavy atom. The van der Waals surface area contributed by atoms with Crippen LogP contribution in [0.4, 0.5) is 0 Å². The van der Waals surface area contributed by atoms with Crippen LogP contribution in [0.5, 0.6) is 0 Å². The lowest BCUT2D eigenvalue weighted by atomic mass is 9.86. The van der Waals surface area contributed by atoms with Gasteiger partial charge in [0.2, 0.25) is 11.8 Å². The Morgan fingerprint density at radius 2 is 1.39 bits per heavy atom. The first-order chi connectivity index (χ1) is 11.2. The third kappa shape index (κ3) is 4.69. The second-order valence-electron chi connectivity index (χ2n) is 7.47. The van der Waals surface area contributed by atoms with Crippen molar-refractivity contribution in [3.05, 3.63) is 0 Å². The van der Waals surface area contributed by atoms with Gasteiger partial charge in [-0.05, 0) is 38.1 Å². The van der Waals surface area contributed by atoms with Crippen molar-refractivity contribution in [2.24, 2.45) is 5.92 Å². The Balaban J connectivity index is 1.38. The number of carbonyl (C=O) groups excluding carboxylic acids is 2. The standard InChI is InChI=1S/C18H31N3O2/c22-17(13-15-5-2-1-3-6-15)20-9-11-21(12-10-20)18(23)14-16-7-4-8-19-16/h15-16,19H,1-14H2. The summed E-state index contributed by atoms with van der Waals surface area (Å²) in [5.74, 6) is 1.16. The number of nitrogens with zero attached hydrogens (tertiary/aromatic N) is 2. The van der Waals surface area contributed by atoms with Gasteiger partial charge in [-0.25, -0.2) is 0 Å². The van der Waals surface area contributed by atoms with E-state index in [1.807, 2.05) is 9.80 Å². The fraction of sp³-hybridized carbons (Fsp3) is 0.889. The lowest BCUT2D eigenvalue weighted by molar-refractivity contribution is -0.140. The summed E-state index contributed by atoms with van der Waals surface area (Å²) in [5.41, 5.74) is 0. The van der Waals surface area contributed by atoms with Gasteiger partial charge in [0.25, 0.3) is 0 Å². The van der Waals surface area contributed by atoms with Crippen LogP contribution in [0.1, 0.15) is 57.8 Å². The van der Waals surface area contributed by atoms with Crippen molar-refractivity contribution in [2.75, 3.05) is 32.7 Å². The molecule has 130 valence electrons. The Hall–Kier alpha value is -1.10. The minimum Gasteiger partial charge on any atom is -0.339 e. The average Bonchev–Trinajstić information content (AvgIpc) is 3.09. The molecule has 3 aliphatic rings. The molecular formula is C18H31N3O2.